The number of aliphatic carboxylic acids is 1. The zero-order chi connectivity index (χ0) is 11.6. The topological polar surface area (TPSA) is 91.8 Å². The van der Waals surface area contributed by atoms with Gasteiger partial charge < -0.3 is 10.0 Å². The number of fused-ring (bicyclic) bond motifs is 1. The molecule has 0 spiro atoms. The number of amides is 1. The molecule has 2 saturated heterocycles. The Kier molecular flexibility index (Phi) is 3.22. The van der Waals surface area contributed by atoms with E-state index in [4.69, 9.17) is 5.11 Å². The van der Waals surface area contributed by atoms with Gasteiger partial charge in [0.25, 0.3) is 0 Å². The molecule has 2 aliphatic heterocycles. The minimum atomic E-state index is -3.57. The normalized spacial score (nSPS) is 33.6. The number of β-lactam (4-membered cyclic amide) rings is 1. The fourth-order valence-electron chi connectivity index (χ4n) is 2.23. The molecule has 0 aromatic rings. The van der Waals surface area contributed by atoms with Crippen LogP contribution in [0.2, 0.25) is 0 Å². The molecule has 2 fully saturated rings. The van der Waals surface area contributed by atoms with Crippen molar-refractivity contribution in [3.8, 4) is 0 Å². The Balaban J connectivity index is 0.00000128. The van der Waals surface area contributed by atoms with Crippen molar-refractivity contribution in [2.24, 2.45) is 0 Å². The number of carbonyl (C=O) groups excluding carboxylic acids is 1. The van der Waals surface area contributed by atoms with Crippen molar-refractivity contribution in [2.45, 2.75) is 36.4 Å². The van der Waals surface area contributed by atoms with E-state index in [1.54, 1.807) is 0 Å². The summed E-state index contributed by atoms with van der Waals surface area (Å²) in [6, 6.07) is -1.26. The third-order valence-electron chi connectivity index (χ3n) is 3.21. The predicted octanol–water partition coefficient (Wildman–Crippen LogP) is -1.44. The van der Waals surface area contributed by atoms with Crippen LogP contribution in [-0.2, 0) is 19.4 Å². The quantitative estimate of drug-likeness (QED) is 0.458. The van der Waals surface area contributed by atoms with Crippen LogP contribution in [0.3, 0.4) is 0 Å². The first-order valence-corrected chi connectivity index (χ1v) is 6.03. The summed E-state index contributed by atoms with van der Waals surface area (Å²) < 4.78 is 22.4. The molecule has 0 saturated carbocycles. The van der Waals surface area contributed by atoms with Crippen LogP contribution in [0.5, 0.6) is 0 Å². The average molecular weight is 257 g/mol. The van der Waals surface area contributed by atoms with Crippen LogP contribution in [0.25, 0.3) is 0 Å². The van der Waals surface area contributed by atoms with E-state index in [0.29, 0.717) is 0 Å². The van der Waals surface area contributed by atoms with Crippen LogP contribution in [0, 0.1) is 0 Å². The Morgan fingerprint density at radius 1 is 1.50 bits per heavy atom. The molecular weight excluding hydrogens is 245 g/mol. The van der Waals surface area contributed by atoms with E-state index in [-0.39, 0.29) is 36.0 Å². The molecule has 86 valence electrons. The Hall–Kier alpha value is -0.110. The molecule has 0 aromatic heterocycles. The SMILES string of the molecule is CC1(C)C(C(=O)O)N2C(=O)CC2S1(=O)=O.[NaH]. The summed E-state index contributed by atoms with van der Waals surface area (Å²) in [6.45, 7) is 2.71. The van der Waals surface area contributed by atoms with E-state index in [1.807, 2.05) is 0 Å². The number of sulfone groups is 1. The van der Waals surface area contributed by atoms with Crippen molar-refractivity contribution >= 4 is 51.3 Å². The third kappa shape index (κ3) is 1.38. The maximum absolute atomic E-state index is 11.9. The molecule has 0 radical (unpaired) electrons. The molecule has 1 N–H and O–H groups in total. The zero-order valence-electron chi connectivity index (χ0n) is 8.30. The second-order valence-corrected chi connectivity index (χ2v) is 7.04. The van der Waals surface area contributed by atoms with Crippen molar-refractivity contribution in [2.75, 3.05) is 0 Å². The molecule has 1 amide bonds. The third-order valence-corrected chi connectivity index (χ3v) is 6.01. The molecule has 6 nitrogen and oxygen atoms in total. The van der Waals surface area contributed by atoms with Gasteiger partial charge in [-0.3, -0.25) is 4.79 Å². The van der Waals surface area contributed by atoms with E-state index in [1.165, 1.54) is 13.8 Å². The molecule has 2 aliphatic rings. The van der Waals surface area contributed by atoms with Gasteiger partial charge in [0.2, 0.25) is 5.91 Å². The number of hydrogen-bond donors (Lipinski definition) is 1. The van der Waals surface area contributed by atoms with E-state index in [9.17, 15) is 18.0 Å². The van der Waals surface area contributed by atoms with Crippen LogP contribution in [-0.4, -0.2) is 76.0 Å². The van der Waals surface area contributed by atoms with Gasteiger partial charge in [0.15, 0.2) is 9.84 Å². The molecule has 0 bridgehead atoms. The van der Waals surface area contributed by atoms with Crippen molar-refractivity contribution in [3.05, 3.63) is 0 Å². The maximum atomic E-state index is 11.9. The van der Waals surface area contributed by atoms with Gasteiger partial charge in [-0.05, 0) is 13.8 Å². The van der Waals surface area contributed by atoms with Crippen LogP contribution >= 0.6 is 0 Å². The first-order valence-electron chi connectivity index (χ1n) is 4.48. The Morgan fingerprint density at radius 3 is 2.31 bits per heavy atom. The summed E-state index contributed by atoms with van der Waals surface area (Å²) in [7, 11) is -3.57. The minimum absolute atomic E-state index is 0. The van der Waals surface area contributed by atoms with Crippen molar-refractivity contribution in [3.63, 3.8) is 0 Å². The number of carboxylic acid groups (broad SMARTS) is 1. The van der Waals surface area contributed by atoms with Crippen LogP contribution < -0.4 is 0 Å². The van der Waals surface area contributed by atoms with Gasteiger partial charge >= 0.3 is 35.5 Å². The molecular formula is C8H12NNaO5S. The molecule has 2 heterocycles. The summed E-state index contributed by atoms with van der Waals surface area (Å²) in [5.41, 5.74) is 0. The molecule has 0 aromatic carbocycles. The van der Waals surface area contributed by atoms with Gasteiger partial charge in [-0.25, -0.2) is 13.2 Å². The summed E-state index contributed by atoms with van der Waals surface area (Å²) in [5, 5.41) is 8.03. The predicted molar refractivity (Wildman–Crippen MR) is 56.8 cm³/mol. The molecule has 8 heteroatoms. The van der Waals surface area contributed by atoms with Gasteiger partial charge in [0.1, 0.15) is 11.4 Å². The van der Waals surface area contributed by atoms with E-state index in [2.05, 4.69) is 0 Å². The number of rotatable bonds is 1. The number of carboxylic acids is 1. The van der Waals surface area contributed by atoms with Gasteiger partial charge in [-0.1, -0.05) is 0 Å². The van der Waals surface area contributed by atoms with Crippen molar-refractivity contribution < 1.29 is 23.1 Å². The van der Waals surface area contributed by atoms with Gasteiger partial charge in [-0.15, -0.1) is 0 Å². The fourth-order valence-corrected chi connectivity index (χ4v) is 4.36. The van der Waals surface area contributed by atoms with E-state index < -0.39 is 37.9 Å². The van der Waals surface area contributed by atoms with Crippen molar-refractivity contribution in [1.29, 1.82) is 0 Å². The van der Waals surface area contributed by atoms with Crippen LogP contribution in [0.15, 0.2) is 0 Å². The number of hydrogen-bond acceptors (Lipinski definition) is 4. The Morgan fingerprint density at radius 2 is 2.00 bits per heavy atom. The fraction of sp³-hybridized carbons (Fsp3) is 0.750. The molecule has 2 unspecified atom stereocenters. The second kappa shape index (κ2) is 3.69. The molecule has 0 aliphatic carbocycles. The summed E-state index contributed by atoms with van der Waals surface area (Å²) in [6.07, 6.45) is -0.0878. The first-order chi connectivity index (χ1) is 6.71. The number of carbonyl (C=O) groups is 2. The van der Waals surface area contributed by atoms with Gasteiger partial charge in [0, 0.05) is 0 Å². The van der Waals surface area contributed by atoms with Crippen molar-refractivity contribution in [1.82, 2.24) is 4.90 Å². The second-order valence-electron chi connectivity index (χ2n) is 4.35. The molecule has 2 atom stereocenters. The van der Waals surface area contributed by atoms with E-state index in [0.717, 1.165) is 4.90 Å². The van der Waals surface area contributed by atoms with Crippen LogP contribution in [0.4, 0.5) is 0 Å². The Labute approximate surface area is 115 Å². The summed E-state index contributed by atoms with van der Waals surface area (Å²) in [5.74, 6) is -1.67. The standard InChI is InChI=1S/C8H11NO5S.Na.H/c1-8(2)6(7(11)12)9-4(10)3-5(9)15(8,13)14;;/h5-6H,3H2,1-2H3,(H,11,12);;. The van der Waals surface area contributed by atoms with Gasteiger partial charge in [0.05, 0.1) is 11.2 Å². The zero-order valence-corrected chi connectivity index (χ0v) is 9.11. The summed E-state index contributed by atoms with van der Waals surface area (Å²) in [4.78, 5) is 23.2. The molecule has 2 rings (SSSR count). The van der Waals surface area contributed by atoms with E-state index >= 15 is 0 Å². The first kappa shape index (κ1) is 14.0. The summed E-state index contributed by atoms with van der Waals surface area (Å²) >= 11 is 0. The average Bonchev–Trinajstić information content (AvgIpc) is 2.19. The van der Waals surface area contributed by atoms with Gasteiger partial charge in [-0.2, -0.15) is 0 Å². The van der Waals surface area contributed by atoms with Crippen LogP contribution in [0.1, 0.15) is 20.3 Å². The monoisotopic (exact) mass is 257 g/mol. The Bertz CT molecular complexity index is 457. The molecule has 16 heavy (non-hydrogen) atoms. The number of nitrogens with zero attached hydrogens (tertiary/aromatic N) is 1.